The minimum atomic E-state index is -1.29. The molecular weight excluding hydrogens is 286 g/mol. The summed E-state index contributed by atoms with van der Waals surface area (Å²) in [6.45, 7) is 0.884. The second kappa shape index (κ2) is 6.29. The van der Waals surface area contributed by atoms with Crippen LogP contribution >= 0.6 is 11.3 Å². The maximum absolute atomic E-state index is 12.0. The normalized spacial score (nSPS) is 18.2. The van der Waals surface area contributed by atoms with Crippen LogP contribution in [0.5, 0.6) is 0 Å². The lowest BCUT2D eigenvalue weighted by Gasteiger charge is -2.29. The van der Waals surface area contributed by atoms with Crippen LogP contribution in [-0.2, 0) is 20.4 Å². The second-order valence-electron chi connectivity index (χ2n) is 4.42. The number of thiophene rings is 1. The molecule has 1 atom stereocenters. The van der Waals surface area contributed by atoms with Gasteiger partial charge in [0.1, 0.15) is 5.75 Å². The molecule has 19 heavy (non-hydrogen) atoms. The van der Waals surface area contributed by atoms with Crippen LogP contribution in [0, 0.1) is 5.92 Å². The lowest BCUT2D eigenvalue weighted by Crippen LogP contribution is -2.42. The van der Waals surface area contributed by atoms with Gasteiger partial charge in [-0.2, -0.15) is 0 Å². The Balaban J connectivity index is 1.85. The van der Waals surface area contributed by atoms with Gasteiger partial charge in [-0.05, 0) is 24.3 Å². The number of nitrogens with zero attached hydrogens (tertiary/aromatic N) is 1. The minimum absolute atomic E-state index is 0.0156. The van der Waals surface area contributed by atoms with Gasteiger partial charge in [-0.1, -0.05) is 6.07 Å². The predicted molar refractivity (Wildman–Crippen MR) is 72.5 cm³/mol. The SMILES string of the molecule is O=C(O)C1CCN(C(=O)CS(=O)c2cccs2)CC1. The van der Waals surface area contributed by atoms with Gasteiger partial charge in [0.2, 0.25) is 5.91 Å². The van der Waals surface area contributed by atoms with Crippen LogP contribution < -0.4 is 0 Å². The molecule has 104 valence electrons. The van der Waals surface area contributed by atoms with Crippen LogP contribution in [0.3, 0.4) is 0 Å². The van der Waals surface area contributed by atoms with E-state index < -0.39 is 16.8 Å². The molecule has 0 spiro atoms. The Labute approximate surface area is 117 Å². The number of amides is 1. The highest BCUT2D eigenvalue weighted by molar-refractivity contribution is 7.88. The first-order valence-electron chi connectivity index (χ1n) is 6.00. The quantitative estimate of drug-likeness (QED) is 0.906. The van der Waals surface area contributed by atoms with Gasteiger partial charge in [-0.25, -0.2) is 0 Å². The highest BCUT2D eigenvalue weighted by Crippen LogP contribution is 2.19. The molecule has 2 heterocycles. The average molecular weight is 301 g/mol. The molecule has 0 bridgehead atoms. The zero-order valence-corrected chi connectivity index (χ0v) is 11.9. The topological polar surface area (TPSA) is 74.7 Å². The molecule has 0 saturated carbocycles. The van der Waals surface area contributed by atoms with E-state index in [1.54, 1.807) is 17.0 Å². The third-order valence-corrected chi connectivity index (χ3v) is 5.77. The van der Waals surface area contributed by atoms with Gasteiger partial charge in [-0.15, -0.1) is 11.3 Å². The number of hydrogen-bond acceptors (Lipinski definition) is 4. The van der Waals surface area contributed by atoms with E-state index in [9.17, 15) is 13.8 Å². The van der Waals surface area contributed by atoms with Crippen LogP contribution in [-0.4, -0.2) is 44.9 Å². The monoisotopic (exact) mass is 301 g/mol. The van der Waals surface area contributed by atoms with Crippen LogP contribution in [0.25, 0.3) is 0 Å². The van der Waals surface area contributed by atoms with Crippen LogP contribution in [0.1, 0.15) is 12.8 Å². The number of piperidine rings is 1. The van der Waals surface area contributed by atoms with E-state index in [1.165, 1.54) is 11.3 Å². The predicted octanol–water partition coefficient (Wildman–Crippen LogP) is 1.18. The van der Waals surface area contributed by atoms with Gasteiger partial charge >= 0.3 is 5.97 Å². The summed E-state index contributed by atoms with van der Waals surface area (Å²) in [5.74, 6) is -1.32. The Morgan fingerprint density at radius 1 is 1.42 bits per heavy atom. The Bertz CT molecular complexity index is 478. The number of aliphatic carboxylic acids is 1. The maximum atomic E-state index is 12.0. The molecule has 0 radical (unpaired) electrons. The fourth-order valence-electron chi connectivity index (χ4n) is 2.04. The van der Waals surface area contributed by atoms with E-state index in [1.807, 2.05) is 5.38 Å². The van der Waals surface area contributed by atoms with Gasteiger partial charge in [0.25, 0.3) is 0 Å². The molecule has 7 heteroatoms. The van der Waals surface area contributed by atoms with E-state index >= 15 is 0 Å². The lowest BCUT2D eigenvalue weighted by atomic mass is 9.97. The van der Waals surface area contributed by atoms with Crippen molar-refractivity contribution in [1.82, 2.24) is 4.90 Å². The van der Waals surface area contributed by atoms with E-state index in [4.69, 9.17) is 5.11 Å². The molecule has 1 aromatic rings. The van der Waals surface area contributed by atoms with Gasteiger partial charge in [0.15, 0.2) is 0 Å². The molecule has 0 aromatic carbocycles. The summed E-state index contributed by atoms with van der Waals surface area (Å²) >= 11 is 1.38. The van der Waals surface area contributed by atoms with Crippen molar-refractivity contribution in [3.63, 3.8) is 0 Å². The Morgan fingerprint density at radius 3 is 2.63 bits per heavy atom. The van der Waals surface area contributed by atoms with Gasteiger partial charge in [-0.3, -0.25) is 13.8 Å². The average Bonchev–Trinajstić information content (AvgIpc) is 2.92. The second-order valence-corrected chi connectivity index (χ2v) is 7.04. The fraction of sp³-hybridized carbons (Fsp3) is 0.500. The van der Waals surface area contributed by atoms with Crippen molar-refractivity contribution in [3.05, 3.63) is 17.5 Å². The number of carbonyl (C=O) groups is 2. The van der Waals surface area contributed by atoms with E-state index in [-0.39, 0.29) is 17.6 Å². The molecule has 1 saturated heterocycles. The molecular formula is C12H15NO4S2. The third-order valence-electron chi connectivity index (χ3n) is 3.17. The number of hydrogen-bond donors (Lipinski definition) is 1. The Kier molecular flexibility index (Phi) is 4.71. The standard InChI is InChI=1S/C12H15NO4S2/c14-10(8-19(17)11-2-1-7-18-11)13-5-3-9(4-6-13)12(15)16/h1-2,7,9H,3-6,8H2,(H,15,16). The van der Waals surface area contributed by atoms with Crippen molar-refractivity contribution < 1.29 is 18.9 Å². The van der Waals surface area contributed by atoms with Crippen molar-refractivity contribution >= 4 is 34.0 Å². The van der Waals surface area contributed by atoms with E-state index in [0.717, 1.165) is 0 Å². The first kappa shape index (κ1) is 14.2. The molecule has 0 aliphatic carbocycles. The molecule has 1 unspecified atom stereocenters. The molecule has 2 rings (SSSR count). The van der Waals surface area contributed by atoms with Crippen LogP contribution in [0.2, 0.25) is 0 Å². The molecule has 1 aromatic heterocycles. The zero-order valence-electron chi connectivity index (χ0n) is 10.3. The van der Waals surface area contributed by atoms with Crippen molar-refractivity contribution in [3.8, 4) is 0 Å². The first-order chi connectivity index (χ1) is 9.08. The minimum Gasteiger partial charge on any atom is -0.481 e. The van der Waals surface area contributed by atoms with Crippen molar-refractivity contribution in [2.45, 2.75) is 17.1 Å². The number of carbonyl (C=O) groups excluding carboxylic acids is 1. The Hall–Kier alpha value is -1.21. The van der Waals surface area contributed by atoms with Crippen LogP contribution in [0.15, 0.2) is 21.7 Å². The summed E-state index contributed by atoms with van der Waals surface area (Å²) in [6, 6.07) is 3.56. The smallest absolute Gasteiger partial charge is 0.306 e. The molecule has 5 nitrogen and oxygen atoms in total. The van der Waals surface area contributed by atoms with Crippen molar-refractivity contribution in [2.75, 3.05) is 18.8 Å². The van der Waals surface area contributed by atoms with Gasteiger partial charge in [0, 0.05) is 13.1 Å². The Morgan fingerprint density at radius 2 is 2.11 bits per heavy atom. The van der Waals surface area contributed by atoms with Crippen molar-refractivity contribution in [1.29, 1.82) is 0 Å². The summed E-state index contributed by atoms with van der Waals surface area (Å²) in [6.07, 6.45) is 0.958. The molecule has 1 N–H and O–H groups in total. The molecule has 1 aliphatic rings. The molecule has 1 amide bonds. The molecule has 1 aliphatic heterocycles. The van der Waals surface area contributed by atoms with Crippen LogP contribution in [0.4, 0.5) is 0 Å². The summed E-state index contributed by atoms with van der Waals surface area (Å²) in [7, 11) is -1.29. The number of carboxylic acids is 1. The zero-order chi connectivity index (χ0) is 13.8. The van der Waals surface area contributed by atoms with E-state index in [2.05, 4.69) is 0 Å². The third kappa shape index (κ3) is 3.63. The fourth-order valence-corrected chi connectivity index (χ4v) is 4.04. The summed E-state index contributed by atoms with van der Waals surface area (Å²) in [5, 5.41) is 10.7. The maximum Gasteiger partial charge on any atom is 0.306 e. The summed E-state index contributed by atoms with van der Waals surface area (Å²) in [4.78, 5) is 24.4. The van der Waals surface area contributed by atoms with Crippen molar-refractivity contribution in [2.24, 2.45) is 5.92 Å². The molecule has 1 fully saturated rings. The number of likely N-dealkylation sites (tertiary alicyclic amines) is 1. The lowest BCUT2D eigenvalue weighted by molar-refractivity contribution is -0.145. The summed E-state index contributed by atoms with van der Waals surface area (Å²) in [5.41, 5.74) is 0. The summed E-state index contributed by atoms with van der Waals surface area (Å²) < 4.78 is 12.6. The highest BCUT2D eigenvalue weighted by Gasteiger charge is 2.27. The first-order valence-corrected chi connectivity index (χ1v) is 8.20. The van der Waals surface area contributed by atoms with Gasteiger partial charge < -0.3 is 10.0 Å². The largest absolute Gasteiger partial charge is 0.481 e. The van der Waals surface area contributed by atoms with Gasteiger partial charge in [0.05, 0.1) is 20.9 Å². The number of carboxylic acid groups (broad SMARTS) is 1. The highest BCUT2D eigenvalue weighted by atomic mass is 32.2. The van der Waals surface area contributed by atoms with E-state index in [0.29, 0.717) is 30.1 Å². The number of rotatable bonds is 4.